The summed E-state index contributed by atoms with van der Waals surface area (Å²) >= 11 is 3.17. The largest absolute Gasteiger partial charge is 0.248 e. The standard InChI is InChI=1S/C12H6BrFN2/c13-12-10(7-15)8(5-6-16-12)9-3-1-2-4-11(9)14/h1-6H. The van der Waals surface area contributed by atoms with Crippen LogP contribution in [0.3, 0.4) is 0 Å². The smallest absolute Gasteiger partial charge is 0.131 e. The van der Waals surface area contributed by atoms with Gasteiger partial charge in [0.2, 0.25) is 0 Å². The topological polar surface area (TPSA) is 36.7 Å². The van der Waals surface area contributed by atoms with Crippen molar-refractivity contribution >= 4 is 15.9 Å². The molecule has 0 fully saturated rings. The van der Waals surface area contributed by atoms with E-state index < -0.39 is 0 Å². The van der Waals surface area contributed by atoms with Crippen molar-refractivity contribution in [1.82, 2.24) is 4.98 Å². The van der Waals surface area contributed by atoms with Gasteiger partial charge in [-0.15, -0.1) is 0 Å². The summed E-state index contributed by atoms with van der Waals surface area (Å²) in [6.45, 7) is 0. The predicted molar refractivity (Wildman–Crippen MR) is 62.0 cm³/mol. The van der Waals surface area contributed by atoms with Crippen LogP contribution in [-0.4, -0.2) is 4.98 Å². The fourth-order valence-electron chi connectivity index (χ4n) is 1.45. The van der Waals surface area contributed by atoms with Gasteiger partial charge in [0.1, 0.15) is 16.5 Å². The molecular formula is C12H6BrFN2. The summed E-state index contributed by atoms with van der Waals surface area (Å²) in [4.78, 5) is 3.94. The van der Waals surface area contributed by atoms with Crippen LogP contribution in [0.1, 0.15) is 5.56 Å². The third-order valence-electron chi connectivity index (χ3n) is 2.18. The highest BCUT2D eigenvalue weighted by Gasteiger charge is 2.11. The Morgan fingerprint density at radius 1 is 1.19 bits per heavy atom. The Kier molecular flexibility index (Phi) is 2.97. The Labute approximate surface area is 100 Å². The Bertz CT molecular complexity index is 575. The third-order valence-corrected chi connectivity index (χ3v) is 2.78. The van der Waals surface area contributed by atoms with Gasteiger partial charge >= 0.3 is 0 Å². The first-order valence-corrected chi connectivity index (χ1v) is 5.33. The first kappa shape index (κ1) is 10.8. The second-order valence-corrected chi connectivity index (χ2v) is 3.87. The van der Waals surface area contributed by atoms with Crippen molar-refractivity contribution in [3.05, 3.63) is 52.5 Å². The van der Waals surface area contributed by atoms with Gasteiger partial charge in [0, 0.05) is 17.3 Å². The normalized spacial score (nSPS) is 9.81. The van der Waals surface area contributed by atoms with Gasteiger partial charge in [-0.2, -0.15) is 5.26 Å². The maximum atomic E-state index is 13.6. The van der Waals surface area contributed by atoms with E-state index in [1.54, 1.807) is 24.3 Å². The van der Waals surface area contributed by atoms with Crippen LogP contribution in [0.4, 0.5) is 4.39 Å². The summed E-state index contributed by atoms with van der Waals surface area (Å²) in [6.07, 6.45) is 1.53. The average Bonchev–Trinajstić information content (AvgIpc) is 2.29. The number of halogens is 2. The van der Waals surface area contributed by atoms with E-state index in [1.165, 1.54) is 12.3 Å². The molecule has 0 saturated heterocycles. The predicted octanol–water partition coefficient (Wildman–Crippen LogP) is 3.52. The molecule has 0 aliphatic carbocycles. The average molecular weight is 277 g/mol. The Morgan fingerprint density at radius 3 is 2.62 bits per heavy atom. The van der Waals surface area contributed by atoms with Crippen LogP contribution in [0, 0.1) is 17.1 Å². The molecule has 2 aromatic rings. The second kappa shape index (κ2) is 4.42. The van der Waals surface area contributed by atoms with Crippen molar-refractivity contribution < 1.29 is 4.39 Å². The van der Waals surface area contributed by atoms with Gasteiger partial charge in [-0.05, 0) is 28.1 Å². The summed E-state index contributed by atoms with van der Waals surface area (Å²) in [6, 6.07) is 9.99. The number of nitriles is 1. The molecule has 0 aliphatic heterocycles. The van der Waals surface area contributed by atoms with E-state index in [0.717, 1.165) is 0 Å². The van der Waals surface area contributed by atoms with E-state index in [2.05, 4.69) is 20.9 Å². The van der Waals surface area contributed by atoms with E-state index in [-0.39, 0.29) is 5.82 Å². The molecule has 0 N–H and O–H groups in total. The van der Waals surface area contributed by atoms with Crippen LogP contribution >= 0.6 is 15.9 Å². The zero-order valence-corrected chi connectivity index (χ0v) is 9.70. The first-order valence-electron chi connectivity index (χ1n) is 4.53. The van der Waals surface area contributed by atoms with E-state index in [9.17, 15) is 4.39 Å². The maximum Gasteiger partial charge on any atom is 0.131 e. The summed E-state index contributed by atoms with van der Waals surface area (Å²) < 4.78 is 14.0. The number of benzene rings is 1. The van der Waals surface area contributed by atoms with Gasteiger partial charge in [0.05, 0.1) is 5.56 Å². The maximum absolute atomic E-state index is 13.6. The monoisotopic (exact) mass is 276 g/mol. The summed E-state index contributed by atoms with van der Waals surface area (Å²) in [5, 5.41) is 9.01. The number of rotatable bonds is 1. The van der Waals surface area contributed by atoms with Gasteiger partial charge in [0.25, 0.3) is 0 Å². The highest BCUT2D eigenvalue weighted by atomic mass is 79.9. The van der Waals surface area contributed by atoms with Gasteiger partial charge < -0.3 is 0 Å². The van der Waals surface area contributed by atoms with Crippen molar-refractivity contribution in [2.45, 2.75) is 0 Å². The second-order valence-electron chi connectivity index (χ2n) is 3.12. The molecule has 1 aromatic heterocycles. The van der Waals surface area contributed by atoms with Gasteiger partial charge in [-0.25, -0.2) is 9.37 Å². The van der Waals surface area contributed by atoms with Crippen LogP contribution in [0.5, 0.6) is 0 Å². The lowest BCUT2D eigenvalue weighted by atomic mass is 10.0. The Hall–Kier alpha value is -1.73. The van der Waals surface area contributed by atoms with Crippen molar-refractivity contribution in [3.8, 4) is 17.2 Å². The molecular weight excluding hydrogens is 271 g/mol. The summed E-state index contributed by atoms with van der Waals surface area (Å²) in [5.74, 6) is -0.350. The fourth-order valence-corrected chi connectivity index (χ4v) is 1.87. The minimum atomic E-state index is -0.350. The molecule has 0 unspecified atom stereocenters. The van der Waals surface area contributed by atoms with Crippen LogP contribution in [0.15, 0.2) is 41.1 Å². The van der Waals surface area contributed by atoms with Crippen LogP contribution in [-0.2, 0) is 0 Å². The molecule has 0 amide bonds. The molecule has 0 saturated carbocycles. The number of hydrogen-bond donors (Lipinski definition) is 0. The molecule has 0 radical (unpaired) electrons. The molecule has 2 nitrogen and oxygen atoms in total. The molecule has 0 atom stereocenters. The highest BCUT2D eigenvalue weighted by Crippen LogP contribution is 2.28. The molecule has 4 heteroatoms. The molecule has 0 bridgehead atoms. The fraction of sp³-hybridized carbons (Fsp3) is 0. The molecule has 1 aromatic carbocycles. The van der Waals surface area contributed by atoms with E-state index in [0.29, 0.717) is 21.3 Å². The van der Waals surface area contributed by atoms with Crippen molar-refractivity contribution in [1.29, 1.82) is 5.26 Å². The van der Waals surface area contributed by atoms with Gasteiger partial charge in [0.15, 0.2) is 0 Å². The quantitative estimate of drug-likeness (QED) is 0.748. The zero-order valence-electron chi connectivity index (χ0n) is 8.11. The van der Waals surface area contributed by atoms with Crippen LogP contribution < -0.4 is 0 Å². The molecule has 0 aliphatic rings. The zero-order chi connectivity index (χ0) is 11.5. The SMILES string of the molecule is N#Cc1c(-c2ccccc2F)ccnc1Br. The van der Waals surface area contributed by atoms with Crippen molar-refractivity contribution in [3.63, 3.8) is 0 Å². The lowest BCUT2D eigenvalue weighted by molar-refractivity contribution is 0.631. The minimum absolute atomic E-state index is 0.340. The lowest BCUT2D eigenvalue weighted by Gasteiger charge is -2.05. The molecule has 1 heterocycles. The van der Waals surface area contributed by atoms with E-state index >= 15 is 0 Å². The van der Waals surface area contributed by atoms with Crippen molar-refractivity contribution in [2.75, 3.05) is 0 Å². The minimum Gasteiger partial charge on any atom is -0.248 e. The van der Waals surface area contributed by atoms with Crippen LogP contribution in [0.25, 0.3) is 11.1 Å². The number of pyridine rings is 1. The van der Waals surface area contributed by atoms with Gasteiger partial charge in [-0.3, -0.25) is 0 Å². The highest BCUT2D eigenvalue weighted by molar-refractivity contribution is 9.10. The summed E-state index contributed by atoms with van der Waals surface area (Å²) in [5.41, 5.74) is 1.29. The number of aromatic nitrogens is 1. The Morgan fingerprint density at radius 2 is 1.94 bits per heavy atom. The first-order chi connectivity index (χ1) is 7.74. The number of hydrogen-bond acceptors (Lipinski definition) is 2. The van der Waals surface area contributed by atoms with Crippen LogP contribution in [0.2, 0.25) is 0 Å². The van der Waals surface area contributed by atoms with E-state index in [4.69, 9.17) is 5.26 Å². The van der Waals surface area contributed by atoms with Gasteiger partial charge in [-0.1, -0.05) is 18.2 Å². The molecule has 16 heavy (non-hydrogen) atoms. The number of nitrogens with zero attached hydrogens (tertiary/aromatic N) is 2. The van der Waals surface area contributed by atoms with Crippen molar-refractivity contribution in [2.24, 2.45) is 0 Å². The third kappa shape index (κ3) is 1.82. The Balaban J connectivity index is 2.71. The molecule has 2 rings (SSSR count). The lowest BCUT2D eigenvalue weighted by Crippen LogP contribution is -1.91. The molecule has 0 spiro atoms. The van der Waals surface area contributed by atoms with E-state index in [1.807, 2.05) is 6.07 Å². The molecule has 78 valence electrons. The summed E-state index contributed by atoms with van der Waals surface area (Å²) in [7, 11) is 0.